The predicted octanol–water partition coefficient (Wildman–Crippen LogP) is 0.926. The number of ketones is 1. The number of amides is 1. The maximum Gasteiger partial charge on any atom is 0.289 e. The van der Waals surface area contributed by atoms with Crippen molar-refractivity contribution in [2.45, 2.75) is 13.3 Å². The van der Waals surface area contributed by atoms with Gasteiger partial charge in [0.15, 0.2) is 0 Å². The molecule has 0 aliphatic heterocycles. The molecule has 0 aromatic heterocycles. The number of Topliss-reactive ketones (excluding diaryl/α,β-unsaturated/α-hetero) is 1. The van der Waals surface area contributed by atoms with E-state index in [-0.39, 0.29) is 0 Å². The van der Waals surface area contributed by atoms with Gasteiger partial charge in [-0.3, -0.25) is 9.59 Å². The second-order valence-electron chi connectivity index (χ2n) is 3.07. The molecular weight excluding hydrogens is 194 g/mol. The minimum atomic E-state index is -0.942. The molecule has 0 unspecified atom stereocenters. The Morgan fingerprint density at radius 1 is 1.40 bits per heavy atom. The van der Waals surface area contributed by atoms with Crippen LogP contribution in [0.3, 0.4) is 0 Å². The monoisotopic (exact) mass is 207 g/mol. The molecule has 4 heteroatoms. The molecule has 0 bridgehead atoms. The third-order valence-electron chi connectivity index (χ3n) is 2.15. The van der Waals surface area contributed by atoms with Crippen LogP contribution in [0.15, 0.2) is 18.2 Å². The first-order valence-corrected chi connectivity index (χ1v) is 4.61. The van der Waals surface area contributed by atoms with Gasteiger partial charge in [-0.1, -0.05) is 6.92 Å². The van der Waals surface area contributed by atoms with Gasteiger partial charge in [0, 0.05) is 5.56 Å². The number of hydrogen-bond donors (Lipinski definition) is 1. The Kier molecular flexibility index (Phi) is 3.44. The summed E-state index contributed by atoms with van der Waals surface area (Å²) in [7, 11) is 1.56. The fourth-order valence-corrected chi connectivity index (χ4v) is 1.34. The van der Waals surface area contributed by atoms with Gasteiger partial charge < -0.3 is 10.5 Å². The smallest absolute Gasteiger partial charge is 0.289 e. The minimum Gasteiger partial charge on any atom is -0.496 e. The lowest BCUT2D eigenvalue weighted by Gasteiger charge is -2.07. The molecule has 0 spiro atoms. The SMILES string of the molecule is CCc1cc(C(=O)C(N)=O)ccc1OC. The Hall–Kier alpha value is -1.84. The quantitative estimate of drug-likeness (QED) is 0.589. The van der Waals surface area contributed by atoms with Crippen molar-refractivity contribution in [2.24, 2.45) is 5.73 Å². The molecule has 4 nitrogen and oxygen atoms in total. The van der Waals surface area contributed by atoms with Crippen molar-refractivity contribution in [3.63, 3.8) is 0 Å². The Morgan fingerprint density at radius 3 is 2.53 bits per heavy atom. The number of methoxy groups -OCH3 is 1. The molecule has 2 N–H and O–H groups in total. The molecule has 15 heavy (non-hydrogen) atoms. The van der Waals surface area contributed by atoms with Gasteiger partial charge in [0.05, 0.1) is 7.11 Å². The van der Waals surface area contributed by atoms with E-state index in [1.165, 1.54) is 6.07 Å². The molecule has 0 heterocycles. The topological polar surface area (TPSA) is 69.4 Å². The molecule has 1 rings (SSSR count). The fourth-order valence-electron chi connectivity index (χ4n) is 1.34. The second-order valence-corrected chi connectivity index (χ2v) is 3.07. The molecule has 1 aromatic carbocycles. The highest BCUT2D eigenvalue weighted by atomic mass is 16.5. The average molecular weight is 207 g/mol. The molecule has 80 valence electrons. The van der Waals surface area contributed by atoms with Gasteiger partial charge in [-0.2, -0.15) is 0 Å². The minimum absolute atomic E-state index is 0.306. The van der Waals surface area contributed by atoms with Crippen molar-refractivity contribution in [2.75, 3.05) is 7.11 Å². The van der Waals surface area contributed by atoms with Gasteiger partial charge in [0.1, 0.15) is 5.75 Å². The summed E-state index contributed by atoms with van der Waals surface area (Å²) in [6.07, 6.45) is 0.725. The zero-order valence-corrected chi connectivity index (χ0v) is 8.74. The van der Waals surface area contributed by atoms with Crippen LogP contribution in [0.1, 0.15) is 22.8 Å². The molecule has 0 aliphatic rings. The number of rotatable bonds is 4. The van der Waals surface area contributed by atoms with Crippen LogP contribution >= 0.6 is 0 Å². The molecule has 0 saturated heterocycles. The van der Waals surface area contributed by atoms with E-state index < -0.39 is 11.7 Å². The summed E-state index contributed by atoms with van der Waals surface area (Å²) in [6, 6.07) is 4.83. The Labute approximate surface area is 88.0 Å². The number of hydrogen-bond acceptors (Lipinski definition) is 3. The zero-order chi connectivity index (χ0) is 11.4. The van der Waals surface area contributed by atoms with Gasteiger partial charge in [-0.25, -0.2) is 0 Å². The summed E-state index contributed by atoms with van der Waals surface area (Å²) in [6.45, 7) is 1.94. The predicted molar refractivity (Wildman–Crippen MR) is 55.9 cm³/mol. The van der Waals surface area contributed by atoms with Crippen LogP contribution in [-0.4, -0.2) is 18.8 Å². The van der Waals surface area contributed by atoms with Crippen molar-refractivity contribution in [1.82, 2.24) is 0 Å². The Balaban J connectivity index is 3.13. The third-order valence-corrected chi connectivity index (χ3v) is 2.15. The average Bonchev–Trinajstić information content (AvgIpc) is 2.26. The van der Waals surface area contributed by atoms with Gasteiger partial charge >= 0.3 is 0 Å². The summed E-state index contributed by atoms with van der Waals surface area (Å²) in [5.74, 6) is -0.909. The summed E-state index contributed by atoms with van der Waals surface area (Å²) >= 11 is 0. The normalized spacial score (nSPS) is 9.73. The van der Waals surface area contributed by atoms with E-state index in [1.54, 1.807) is 19.2 Å². The van der Waals surface area contributed by atoms with Gasteiger partial charge in [0.2, 0.25) is 5.78 Å². The summed E-state index contributed by atoms with van der Waals surface area (Å²) in [4.78, 5) is 22.0. The maximum atomic E-state index is 11.3. The first-order chi connectivity index (χ1) is 7.10. The van der Waals surface area contributed by atoms with E-state index in [0.29, 0.717) is 11.3 Å². The van der Waals surface area contributed by atoms with Crippen molar-refractivity contribution >= 4 is 11.7 Å². The highest BCUT2D eigenvalue weighted by Crippen LogP contribution is 2.20. The number of aryl methyl sites for hydroxylation is 1. The number of nitrogens with two attached hydrogens (primary N) is 1. The van der Waals surface area contributed by atoms with Crippen LogP contribution in [0.5, 0.6) is 5.75 Å². The zero-order valence-electron chi connectivity index (χ0n) is 8.74. The molecule has 0 saturated carbocycles. The lowest BCUT2D eigenvalue weighted by atomic mass is 10.0. The fraction of sp³-hybridized carbons (Fsp3) is 0.273. The van der Waals surface area contributed by atoms with Crippen molar-refractivity contribution < 1.29 is 14.3 Å². The molecule has 0 aliphatic carbocycles. The highest BCUT2D eigenvalue weighted by molar-refractivity contribution is 6.42. The van der Waals surface area contributed by atoms with Gasteiger partial charge in [0.25, 0.3) is 5.91 Å². The van der Waals surface area contributed by atoms with E-state index >= 15 is 0 Å². The van der Waals surface area contributed by atoms with E-state index in [2.05, 4.69) is 0 Å². The van der Waals surface area contributed by atoms with Crippen molar-refractivity contribution in [3.05, 3.63) is 29.3 Å². The van der Waals surface area contributed by atoms with Crippen molar-refractivity contribution in [1.29, 1.82) is 0 Å². The molecule has 0 fully saturated rings. The third kappa shape index (κ3) is 2.34. The molecule has 0 atom stereocenters. The lowest BCUT2D eigenvalue weighted by Crippen LogP contribution is -2.23. The van der Waals surface area contributed by atoms with Gasteiger partial charge in [-0.15, -0.1) is 0 Å². The number of carbonyl (C=O) groups is 2. The summed E-state index contributed by atoms with van der Waals surface area (Å²) in [5.41, 5.74) is 6.10. The number of ether oxygens (including phenoxy) is 1. The molecule has 0 radical (unpaired) electrons. The standard InChI is InChI=1S/C11H13NO3/c1-3-7-6-8(10(13)11(12)14)4-5-9(7)15-2/h4-6H,3H2,1-2H3,(H2,12,14). The Morgan fingerprint density at radius 2 is 2.07 bits per heavy atom. The van der Waals surface area contributed by atoms with Crippen LogP contribution in [0, 0.1) is 0 Å². The lowest BCUT2D eigenvalue weighted by molar-refractivity contribution is -0.114. The molecular formula is C11H13NO3. The number of primary amides is 1. The number of benzene rings is 1. The largest absolute Gasteiger partial charge is 0.496 e. The first kappa shape index (κ1) is 11.2. The van der Waals surface area contributed by atoms with E-state index in [4.69, 9.17) is 10.5 Å². The molecule has 1 amide bonds. The summed E-state index contributed by atoms with van der Waals surface area (Å²) < 4.78 is 5.10. The van der Waals surface area contributed by atoms with Crippen LogP contribution < -0.4 is 10.5 Å². The maximum absolute atomic E-state index is 11.3. The van der Waals surface area contributed by atoms with Crippen molar-refractivity contribution in [3.8, 4) is 5.75 Å². The van der Waals surface area contributed by atoms with E-state index in [1.807, 2.05) is 6.92 Å². The van der Waals surface area contributed by atoms with Crippen LogP contribution in [-0.2, 0) is 11.2 Å². The Bertz CT molecular complexity index is 399. The van der Waals surface area contributed by atoms with Crippen LogP contribution in [0.25, 0.3) is 0 Å². The van der Waals surface area contributed by atoms with Gasteiger partial charge in [-0.05, 0) is 30.2 Å². The van der Waals surface area contributed by atoms with Crippen LogP contribution in [0.4, 0.5) is 0 Å². The second kappa shape index (κ2) is 4.59. The number of carbonyl (C=O) groups excluding carboxylic acids is 2. The highest BCUT2D eigenvalue weighted by Gasteiger charge is 2.13. The molecule has 1 aromatic rings. The van der Waals surface area contributed by atoms with E-state index in [0.717, 1.165) is 12.0 Å². The first-order valence-electron chi connectivity index (χ1n) is 4.61. The van der Waals surface area contributed by atoms with Crippen LogP contribution in [0.2, 0.25) is 0 Å². The summed E-state index contributed by atoms with van der Waals surface area (Å²) in [5, 5.41) is 0. The van der Waals surface area contributed by atoms with E-state index in [9.17, 15) is 9.59 Å².